The Morgan fingerprint density at radius 2 is 1.28 bits per heavy atom. The van der Waals surface area contributed by atoms with Gasteiger partial charge in [0, 0.05) is 38.5 Å². The molecule has 2 N–H and O–H groups in total. The molecule has 0 aliphatic rings. The average Bonchev–Trinajstić information content (AvgIpc) is 2.75. The molecule has 6 heteroatoms. The highest BCUT2D eigenvalue weighted by atomic mass is 32.2. The summed E-state index contributed by atoms with van der Waals surface area (Å²) in [5.74, 6) is 0.277. The van der Waals surface area contributed by atoms with Crippen LogP contribution in [0.1, 0.15) is 104 Å². The third-order valence-electron chi connectivity index (χ3n) is 6.19. The standard InChI is InChI=1S/C33H46O4S2/c1-20(2)24-16-22(18-26(29(24)36)31(5,6)7)38-33(11,12)39-23-17-25(21(3)4)30(27(19-23)32(8,9)10)37-15-13-14-28(34)35/h16-19,36H,1,3,13-15H2,2,4-12H3,(H,34,35). The Hall–Kier alpha value is -2.31. The number of thioether (sulfide) groups is 2. The Labute approximate surface area is 244 Å². The van der Waals surface area contributed by atoms with Crippen molar-refractivity contribution in [1.82, 2.24) is 0 Å². The van der Waals surface area contributed by atoms with Crippen LogP contribution in [0, 0.1) is 0 Å². The first-order valence-electron chi connectivity index (χ1n) is 13.3. The van der Waals surface area contributed by atoms with Gasteiger partial charge < -0.3 is 14.9 Å². The zero-order valence-electron chi connectivity index (χ0n) is 25.4. The molecule has 0 amide bonds. The van der Waals surface area contributed by atoms with Crippen LogP contribution in [0.4, 0.5) is 0 Å². The van der Waals surface area contributed by atoms with Gasteiger partial charge in [-0.25, -0.2) is 0 Å². The van der Waals surface area contributed by atoms with E-state index in [4.69, 9.17) is 9.84 Å². The number of aliphatic carboxylic acids is 1. The van der Waals surface area contributed by atoms with Crippen molar-refractivity contribution in [2.75, 3.05) is 6.61 Å². The fourth-order valence-corrected chi connectivity index (χ4v) is 6.83. The molecule has 0 aliphatic carbocycles. The summed E-state index contributed by atoms with van der Waals surface area (Å²) < 4.78 is 5.98. The summed E-state index contributed by atoms with van der Waals surface area (Å²) in [5.41, 5.74) is 5.07. The molecular weight excluding hydrogens is 524 g/mol. The largest absolute Gasteiger partial charge is 0.507 e. The maximum atomic E-state index is 11.0. The van der Waals surface area contributed by atoms with Crippen molar-refractivity contribution in [2.24, 2.45) is 0 Å². The highest BCUT2D eigenvalue weighted by molar-refractivity contribution is 8.18. The van der Waals surface area contributed by atoms with Gasteiger partial charge in [-0.2, -0.15) is 0 Å². The highest BCUT2D eigenvalue weighted by Crippen LogP contribution is 2.50. The average molecular weight is 571 g/mol. The Bertz CT molecular complexity index is 1240. The van der Waals surface area contributed by atoms with Crippen molar-refractivity contribution in [3.8, 4) is 11.5 Å². The number of ether oxygens (including phenoxy) is 1. The molecule has 0 fully saturated rings. The predicted octanol–water partition coefficient (Wildman–Crippen LogP) is 9.92. The van der Waals surface area contributed by atoms with Gasteiger partial charge in [0.05, 0.1) is 10.7 Å². The number of carboxylic acids is 1. The predicted molar refractivity (Wildman–Crippen MR) is 170 cm³/mol. The second-order valence-electron chi connectivity index (χ2n) is 12.7. The molecule has 214 valence electrons. The Balaban J connectivity index is 2.50. The number of hydrogen-bond acceptors (Lipinski definition) is 5. The normalized spacial score (nSPS) is 12.4. The van der Waals surface area contributed by atoms with E-state index in [0.717, 1.165) is 48.9 Å². The zero-order chi connectivity index (χ0) is 29.9. The monoisotopic (exact) mass is 570 g/mol. The molecule has 0 bridgehead atoms. The van der Waals surface area contributed by atoms with Gasteiger partial charge in [0.1, 0.15) is 11.5 Å². The number of phenolic OH excluding ortho intramolecular Hbond substituents is 1. The molecule has 2 aromatic rings. The molecule has 4 nitrogen and oxygen atoms in total. The highest BCUT2D eigenvalue weighted by Gasteiger charge is 2.29. The molecule has 2 aromatic carbocycles. The number of hydrogen-bond donors (Lipinski definition) is 2. The van der Waals surface area contributed by atoms with Crippen LogP contribution in [0.5, 0.6) is 11.5 Å². The molecular formula is C33H46O4S2. The number of rotatable bonds is 11. The minimum absolute atomic E-state index is 0.0773. The van der Waals surface area contributed by atoms with E-state index in [0.29, 0.717) is 18.8 Å². The fraction of sp³-hybridized carbons (Fsp3) is 0.485. The van der Waals surface area contributed by atoms with Crippen molar-refractivity contribution in [2.45, 2.75) is 107 Å². The summed E-state index contributed by atoms with van der Waals surface area (Å²) >= 11 is 3.54. The number of aromatic hydroxyl groups is 1. The molecule has 0 radical (unpaired) electrons. The first kappa shape index (κ1) is 32.9. The van der Waals surface area contributed by atoms with Gasteiger partial charge >= 0.3 is 5.97 Å². The molecule has 0 atom stereocenters. The van der Waals surface area contributed by atoms with Gasteiger partial charge in [0.2, 0.25) is 0 Å². The smallest absolute Gasteiger partial charge is 0.303 e. The molecule has 2 rings (SSSR count). The Morgan fingerprint density at radius 3 is 1.72 bits per heavy atom. The van der Waals surface area contributed by atoms with Gasteiger partial charge in [-0.15, -0.1) is 23.5 Å². The van der Waals surface area contributed by atoms with Gasteiger partial charge in [-0.05, 0) is 80.4 Å². The summed E-state index contributed by atoms with van der Waals surface area (Å²) in [5, 5.41) is 20.0. The second-order valence-corrected chi connectivity index (χ2v) is 16.4. The first-order chi connectivity index (χ1) is 17.7. The van der Waals surface area contributed by atoms with E-state index >= 15 is 0 Å². The van der Waals surface area contributed by atoms with Crippen molar-refractivity contribution in [3.05, 3.63) is 59.7 Å². The van der Waals surface area contributed by atoms with Crippen LogP contribution in [0.3, 0.4) is 0 Å². The zero-order valence-corrected chi connectivity index (χ0v) is 27.0. The van der Waals surface area contributed by atoms with E-state index in [1.54, 1.807) is 23.5 Å². The number of allylic oxidation sites excluding steroid dienone is 2. The lowest BCUT2D eigenvalue weighted by Gasteiger charge is -2.29. The van der Waals surface area contributed by atoms with Crippen LogP contribution in [0.25, 0.3) is 11.1 Å². The van der Waals surface area contributed by atoms with Crippen LogP contribution < -0.4 is 4.74 Å². The summed E-state index contributed by atoms with van der Waals surface area (Å²) in [6.45, 7) is 29.8. The summed E-state index contributed by atoms with van der Waals surface area (Å²) in [4.78, 5) is 13.2. The first-order valence-corrected chi connectivity index (χ1v) is 15.0. The Morgan fingerprint density at radius 1 is 0.821 bits per heavy atom. The number of carbonyl (C=O) groups is 1. The maximum Gasteiger partial charge on any atom is 0.303 e. The number of benzene rings is 2. The molecule has 0 spiro atoms. The molecule has 0 saturated heterocycles. The van der Waals surface area contributed by atoms with Crippen LogP contribution in [-0.4, -0.2) is 26.9 Å². The topological polar surface area (TPSA) is 66.8 Å². The van der Waals surface area contributed by atoms with Gasteiger partial charge in [0.25, 0.3) is 0 Å². The van der Waals surface area contributed by atoms with E-state index in [2.05, 4.69) is 86.7 Å². The second kappa shape index (κ2) is 12.5. The van der Waals surface area contributed by atoms with Gasteiger partial charge in [-0.3, -0.25) is 4.79 Å². The van der Waals surface area contributed by atoms with E-state index in [1.807, 2.05) is 19.9 Å². The lowest BCUT2D eigenvalue weighted by molar-refractivity contribution is -0.137. The van der Waals surface area contributed by atoms with E-state index in [-0.39, 0.29) is 21.3 Å². The Kier molecular flexibility index (Phi) is 10.5. The van der Waals surface area contributed by atoms with Crippen molar-refractivity contribution >= 4 is 40.6 Å². The van der Waals surface area contributed by atoms with Gasteiger partial charge in [0.15, 0.2) is 0 Å². The molecule has 39 heavy (non-hydrogen) atoms. The van der Waals surface area contributed by atoms with Gasteiger partial charge in [-0.1, -0.05) is 54.7 Å². The number of carboxylic acid groups (broad SMARTS) is 1. The minimum Gasteiger partial charge on any atom is -0.507 e. The lowest BCUT2D eigenvalue weighted by atomic mass is 9.84. The SMILES string of the molecule is C=C(C)c1cc(SC(C)(C)Sc2cc(C(=C)C)c(OCCCC(=O)O)c(C(C)(C)C)c2)cc(C(C)(C)C)c1O. The van der Waals surface area contributed by atoms with Crippen molar-refractivity contribution < 1.29 is 19.7 Å². The summed E-state index contributed by atoms with van der Waals surface area (Å²) in [6.07, 6.45) is 0.526. The van der Waals surface area contributed by atoms with Crippen LogP contribution in [-0.2, 0) is 15.6 Å². The minimum atomic E-state index is -0.820. The van der Waals surface area contributed by atoms with E-state index in [1.165, 1.54) is 0 Å². The third-order valence-corrected chi connectivity index (χ3v) is 8.62. The summed E-state index contributed by atoms with van der Waals surface area (Å²) in [7, 11) is 0. The lowest BCUT2D eigenvalue weighted by Crippen LogP contribution is -2.16. The third kappa shape index (κ3) is 9.11. The van der Waals surface area contributed by atoms with Crippen LogP contribution in [0.2, 0.25) is 0 Å². The molecule has 0 aliphatic heterocycles. The van der Waals surface area contributed by atoms with Crippen molar-refractivity contribution in [1.29, 1.82) is 0 Å². The summed E-state index contributed by atoms with van der Waals surface area (Å²) in [6, 6.07) is 8.47. The molecule has 0 aromatic heterocycles. The molecule has 0 saturated carbocycles. The number of phenols is 1. The van der Waals surface area contributed by atoms with E-state index < -0.39 is 5.97 Å². The molecule has 0 heterocycles. The molecule has 0 unspecified atom stereocenters. The maximum absolute atomic E-state index is 11.0. The fourth-order valence-electron chi connectivity index (χ4n) is 4.24. The van der Waals surface area contributed by atoms with Crippen LogP contribution in [0.15, 0.2) is 47.2 Å². The van der Waals surface area contributed by atoms with E-state index in [9.17, 15) is 9.90 Å². The van der Waals surface area contributed by atoms with Crippen molar-refractivity contribution in [3.63, 3.8) is 0 Å². The quantitative estimate of drug-likeness (QED) is 0.159. The van der Waals surface area contributed by atoms with Crippen LogP contribution >= 0.6 is 23.5 Å².